The number of hydrogen-bond acceptors (Lipinski definition) is 5. The maximum Gasteiger partial charge on any atom is 0.328 e. The number of rotatable bonds is 5. The Hall–Kier alpha value is -1.57. The van der Waals surface area contributed by atoms with Crippen molar-refractivity contribution in [2.24, 2.45) is 11.1 Å². The normalized spacial score (nSPS) is 18.2. The van der Waals surface area contributed by atoms with Crippen molar-refractivity contribution in [2.75, 3.05) is 5.75 Å². The second-order valence-corrected chi connectivity index (χ2v) is 5.17. The first-order valence-electron chi connectivity index (χ1n) is 5.56. The van der Waals surface area contributed by atoms with Gasteiger partial charge in [-0.3, -0.25) is 25.6 Å². The zero-order valence-electron chi connectivity index (χ0n) is 10.0. The third kappa shape index (κ3) is 3.00. The fourth-order valence-electron chi connectivity index (χ4n) is 1.92. The van der Waals surface area contributed by atoms with Crippen LogP contribution < -0.4 is 16.4 Å². The van der Waals surface area contributed by atoms with E-state index in [1.165, 1.54) is 0 Å². The summed E-state index contributed by atoms with van der Waals surface area (Å²) in [5, 5.41) is 11.3. The van der Waals surface area contributed by atoms with E-state index in [-0.39, 0.29) is 11.6 Å². The van der Waals surface area contributed by atoms with Crippen molar-refractivity contribution in [2.45, 2.75) is 26.2 Å². The smallest absolute Gasteiger partial charge is 0.328 e. The molecule has 18 heavy (non-hydrogen) atoms. The van der Waals surface area contributed by atoms with Crippen LogP contribution in [0.5, 0.6) is 0 Å². The van der Waals surface area contributed by atoms with E-state index in [9.17, 15) is 14.4 Å². The van der Waals surface area contributed by atoms with Crippen LogP contribution in [0.3, 0.4) is 0 Å². The maximum atomic E-state index is 11.9. The Bertz CT molecular complexity index is 377. The van der Waals surface area contributed by atoms with Gasteiger partial charge in [-0.2, -0.15) is 0 Å². The number of imide groups is 2. The van der Waals surface area contributed by atoms with Crippen LogP contribution in [0.4, 0.5) is 4.79 Å². The molecule has 1 aliphatic rings. The standard InChI is InChI=1S/C10H16N4O3S/c1-2-3-10(4-5-18-8(11)12)6(15)13-9(17)14-7(10)16/h2-5H2,1H3,(H3,11,12)(H2,13,14,15,16,17). The van der Waals surface area contributed by atoms with E-state index < -0.39 is 23.3 Å². The van der Waals surface area contributed by atoms with E-state index >= 15 is 0 Å². The van der Waals surface area contributed by atoms with Crippen LogP contribution in [0.15, 0.2) is 0 Å². The molecule has 5 N–H and O–H groups in total. The SMILES string of the molecule is CCCC1(CCSC(=N)N)C(=O)NC(=O)NC1=O. The molecule has 0 aliphatic carbocycles. The highest BCUT2D eigenvalue weighted by Gasteiger charge is 2.48. The van der Waals surface area contributed by atoms with Gasteiger partial charge in [0.1, 0.15) is 5.41 Å². The van der Waals surface area contributed by atoms with E-state index in [1.54, 1.807) is 0 Å². The number of nitrogens with two attached hydrogens (primary N) is 1. The summed E-state index contributed by atoms with van der Waals surface area (Å²) in [5.74, 6) is -0.755. The molecule has 0 saturated carbocycles. The molecule has 1 saturated heterocycles. The van der Waals surface area contributed by atoms with Crippen LogP contribution >= 0.6 is 11.8 Å². The van der Waals surface area contributed by atoms with E-state index in [0.717, 1.165) is 11.8 Å². The lowest BCUT2D eigenvalue weighted by molar-refractivity contribution is -0.145. The second kappa shape index (κ2) is 5.85. The molecule has 0 aromatic rings. The molecule has 7 nitrogen and oxygen atoms in total. The Morgan fingerprint density at radius 1 is 1.28 bits per heavy atom. The largest absolute Gasteiger partial charge is 0.379 e. The van der Waals surface area contributed by atoms with Crippen molar-refractivity contribution in [3.8, 4) is 0 Å². The summed E-state index contributed by atoms with van der Waals surface area (Å²) < 4.78 is 0. The summed E-state index contributed by atoms with van der Waals surface area (Å²) in [4.78, 5) is 34.9. The number of barbiturate groups is 1. The summed E-state index contributed by atoms with van der Waals surface area (Å²) in [6, 6.07) is -0.782. The number of carbonyl (C=O) groups excluding carboxylic acids is 3. The molecule has 1 aliphatic heterocycles. The monoisotopic (exact) mass is 272 g/mol. The molecule has 0 aromatic carbocycles. The molecule has 0 aromatic heterocycles. The van der Waals surface area contributed by atoms with Crippen molar-refractivity contribution in [1.82, 2.24) is 10.6 Å². The van der Waals surface area contributed by atoms with Gasteiger partial charge < -0.3 is 5.73 Å². The fourth-order valence-corrected chi connectivity index (χ4v) is 2.59. The predicted molar refractivity (Wildman–Crippen MR) is 68.0 cm³/mol. The summed E-state index contributed by atoms with van der Waals surface area (Å²) in [5.41, 5.74) is 3.98. The lowest BCUT2D eigenvalue weighted by Crippen LogP contribution is -2.62. The van der Waals surface area contributed by atoms with Gasteiger partial charge in [-0.1, -0.05) is 25.1 Å². The van der Waals surface area contributed by atoms with Gasteiger partial charge in [-0.25, -0.2) is 4.79 Å². The lowest BCUT2D eigenvalue weighted by Gasteiger charge is -2.33. The Morgan fingerprint density at radius 2 is 1.83 bits per heavy atom. The van der Waals surface area contributed by atoms with Crippen molar-refractivity contribution in [3.63, 3.8) is 0 Å². The second-order valence-electron chi connectivity index (χ2n) is 4.03. The molecule has 0 radical (unpaired) electrons. The number of amidine groups is 1. The number of nitrogens with one attached hydrogen (secondary N) is 3. The number of thioether (sulfide) groups is 1. The van der Waals surface area contributed by atoms with Gasteiger partial charge in [0, 0.05) is 5.75 Å². The molecule has 100 valence electrons. The lowest BCUT2D eigenvalue weighted by atomic mass is 9.78. The van der Waals surface area contributed by atoms with Crippen molar-refractivity contribution in [1.29, 1.82) is 5.41 Å². The highest BCUT2D eigenvalue weighted by atomic mass is 32.2. The highest BCUT2D eigenvalue weighted by molar-refractivity contribution is 8.13. The van der Waals surface area contributed by atoms with Crippen LogP contribution in [0.25, 0.3) is 0 Å². The van der Waals surface area contributed by atoms with Crippen LogP contribution in [0, 0.1) is 10.8 Å². The predicted octanol–water partition coefficient (Wildman–Crippen LogP) is 0.156. The number of hydrogen-bond donors (Lipinski definition) is 4. The zero-order valence-corrected chi connectivity index (χ0v) is 10.9. The molecule has 1 fully saturated rings. The minimum Gasteiger partial charge on any atom is -0.379 e. The van der Waals surface area contributed by atoms with Gasteiger partial charge in [0.15, 0.2) is 5.17 Å². The summed E-state index contributed by atoms with van der Waals surface area (Å²) >= 11 is 1.07. The quantitative estimate of drug-likeness (QED) is 0.322. The Labute approximate surface area is 109 Å². The summed E-state index contributed by atoms with van der Waals surface area (Å²) in [6.45, 7) is 1.86. The van der Waals surface area contributed by atoms with Gasteiger partial charge in [0.2, 0.25) is 11.8 Å². The van der Waals surface area contributed by atoms with Crippen LogP contribution in [-0.4, -0.2) is 28.8 Å². The van der Waals surface area contributed by atoms with E-state index in [2.05, 4.69) is 10.6 Å². The fraction of sp³-hybridized carbons (Fsp3) is 0.600. The molecule has 0 spiro atoms. The van der Waals surface area contributed by atoms with Gasteiger partial charge in [0.25, 0.3) is 0 Å². The maximum absolute atomic E-state index is 11.9. The van der Waals surface area contributed by atoms with Crippen LogP contribution in [0.2, 0.25) is 0 Å². The van der Waals surface area contributed by atoms with Crippen LogP contribution in [0.1, 0.15) is 26.2 Å². The van der Waals surface area contributed by atoms with Gasteiger partial charge in [-0.15, -0.1) is 0 Å². The molecule has 1 heterocycles. The third-order valence-electron chi connectivity index (χ3n) is 2.79. The molecule has 4 amide bonds. The molecule has 0 bridgehead atoms. The number of amides is 4. The topological polar surface area (TPSA) is 125 Å². The van der Waals surface area contributed by atoms with Gasteiger partial charge >= 0.3 is 6.03 Å². The van der Waals surface area contributed by atoms with Crippen molar-refractivity contribution in [3.05, 3.63) is 0 Å². The van der Waals surface area contributed by atoms with Crippen LogP contribution in [-0.2, 0) is 9.59 Å². The summed E-state index contributed by atoms with van der Waals surface area (Å²) in [6.07, 6.45) is 1.24. The van der Waals surface area contributed by atoms with Gasteiger partial charge in [-0.05, 0) is 12.8 Å². The first-order chi connectivity index (χ1) is 8.42. The van der Waals surface area contributed by atoms with E-state index in [4.69, 9.17) is 11.1 Å². The molecule has 0 unspecified atom stereocenters. The molecular weight excluding hydrogens is 256 g/mol. The number of carbonyl (C=O) groups is 3. The third-order valence-corrected chi connectivity index (χ3v) is 3.51. The molecular formula is C10H16N4O3S. The van der Waals surface area contributed by atoms with E-state index in [1.807, 2.05) is 6.92 Å². The average molecular weight is 272 g/mol. The Balaban J connectivity index is 2.83. The molecule has 0 atom stereocenters. The van der Waals surface area contributed by atoms with Crippen molar-refractivity contribution >= 4 is 34.8 Å². The Morgan fingerprint density at radius 3 is 2.28 bits per heavy atom. The zero-order chi connectivity index (χ0) is 13.8. The van der Waals surface area contributed by atoms with Crippen molar-refractivity contribution < 1.29 is 14.4 Å². The molecule has 8 heteroatoms. The minimum atomic E-state index is -1.23. The molecule has 1 rings (SSSR count). The Kier molecular flexibility index (Phi) is 4.71. The summed E-state index contributed by atoms with van der Waals surface area (Å²) in [7, 11) is 0. The van der Waals surface area contributed by atoms with Gasteiger partial charge in [0.05, 0.1) is 0 Å². The van der Waals surface area contributed by atoms with E-state index in [0.29, 0.717) is 18.6 Å². The first-order valence-corrected chi connectivity index (χ1v) is 6.54. The number of urea groups is 1. The minimum absolute atomic E-state index is 0.0608. The average Bonchev–Trinajstić information content (AvgIpc) is 2.25. The first kappa shape index (κ1) is 14.5. The highest BCUT2D eigenvalue weighted by Crippen LogP contribution is 2.32.